The summed E-state index contributed by atoms with van der Waals surface area (Å²) in [5.41, 5.74) is 6.79. The number of rotatable bonds is 9. The van der Waals surface area contributed by atoms with Crippen LogP contribution >= 0.6 is 0 Å². The van der Waals surface area contributed by atoms with E-state index in [1.165, 1.54) is 45.6 Å². The van der Waals surface area contributed by atoms with E-state index in [0.29, 0.717) is 31.1 Å². The molecule has 1 spiro atoms. The minimum Gasteiger partial charge on any atom is -0.392 e. The average molecular weight is 804 g/mol. The first-order valence-corrected chi connectivity index (χ1v) is 23.7. The molecule has 6 fully saturated rings. The number of Topliss-reactive ketones (excluding diaryl/α,β-unsaturated/α-hetero) is 2. The van der Waals surface area contributed by atoms with Crippen molar-refractivity contribution < 1.29 is 29.4 Å². The molecular weight excluding hydrogens is 733 g/mol. The number of carbonyl (C=O) groups is 2. The monoisotopic (exact) mass is 804 g/mol. The fourth-order valence-electron chi connectivity index (χ4n) is 17.0. The normalized spacial score (nSPS) is 44.2. The number of epoxide rings is 1. The van der Waals surface area contributed by atoms with Crippen LogP contribution in [0.3, 0.4) is 0 Å². The van der Waals surface area contributed by atoms with E-state index in [4.69, 9.17) is 9.73 Å². The highest BCUT2D eigenvalue weighted by Gasteiger charge is 2.77. The van der Waals surface area contributed by atoms with Gasteiger partial charge in [-0.15, -0.1) is 0 Å². The first-order chi connectivity index (χ1) is 28.0. The van der Waals surface area contributed by atoms with Crippen LogP contribution in [0, 0.1) is 71.0 Å². The summed E-state index contributed by atoms with van der Waals surface area (Å²) in [7, 11) is 0. The zero-order chi connectivity index (χ0) is 41.6. The third kappa shape index (κ3) is 5.61. The van der Waals surface area contributed by atoms with Gasteiger partial charge in [-0.1, -0.05) is 76.3 Å². The second kappa shape index (κ2) is 13.6. The number of benzene rings is 1. The van der Waals surface area contributed by atoms with Crippen LogP contribution in [0.4, 0.5) is 0 Å². The van der Waals surface area contributed by atoms with Gasteiger partial charge in [0.25, 0.3) is 0 Å². The first kappa shape index (κ1) is 40.4. The number of aliphatic imine (C=N–C) groups is 1. The van der Waals surface area contributed by atoms with Gasteiger partial charge in [0.2, 0.25) is 0 Å². The second-order valence-corrected chi connectivity index (χ2v) is 22.7. The molecule has 0 radical (unpaired) electrons. The topological polar surface area (TPSA) is 104 Å². The van der Waals surface area contributed by atoms with Crippen molar-refractivity contribution in [2.45, 2.75) is 169 Å². The minimum atomic E-state index is -0.658. The summed E-state index contributed by atoms with van der Waals surface area (Å²) in [6, 6.07) is 6.88. The Hall–Kier alpha value is -2.71. The Balaban J connectivity index is 1.10. The van der Waals surface area contributed by atoms with Gasteiger partial charge in [0, 0.05) is 41.4 Å². The molecule has 6 aliphatic carbocycles. The number of hydrogen-bond donors (Lipinski definition) is 3. The highest BCUT2D eigenvalue weighted by molar-refractivity contribution is 6.07. The minimum absolute atomic E-state index is 0.00850. The fraction of sp³-hybridized carbons (Fsp3) is 0.712. The molecular formula is C52H71N2O5+. The number of ketones is 2. The van der Waals surface area contributed by atoms with Gasteiger partial charge < -0.3 is 14.9 Å². The standard InChI is InChI=1S/C52H70N2O5/c1-29-22-30(2)24-32(23-29)26-33-27-54(37-17-21-53-43(33)37)28-35-42-41(31(3)25-38(55)47-48(4,5)59-47)45(58)36-14-11-18-52(51(36,42)8)20-15-39-49(6,46(52)44(35)57)19-16-40(56)50(39,7)34-12-9-10-13-34/h17,21-24,27,31,34-39,44,46-47,55,57H,9-16,18-20,25-26,28H2,1-8H3/p+1. The van der Waals surface area contributed by atoms with Gasteiger partial charge in [-0.25, -0.2) is 0 Å². The Bertz CT molecular complexity index is 2070. The molecule has 7 heteroatoms. The Kier molecular flexibility index (Phi) is 9.33. The molecule has 7 nitrogen and oxygen atoms in total. The molecule has 0 amide bonds. The largest absolute Gasteiger partial charge is 0.392 e. The zero-order valence-corrected chi connectivity index (χ0v) is 37.2. The highest BCUT2D eigenvalue weighted by atomic mass is 16.6. The maximum Gasteiger partial charge on any atom is 0.163 e. The van der Waals surface area contributed by atoms with E-state index < -0.39 is 17.6 Å². The molecule has 3 aliphatic heterocycles. The van der Waals surface area contributed by atoms with Gasteiger partial charge in [-0.05, 0) is 136 Å². The number of aliphatic hydroxyl groups is 2. The first-order valence-electron chi connectivity index (χ1n) is 23.7. The van der Waals surface area contributed by atoms with Crippen molar-refractivity contribution in [3.8, 4) is 0 Å². The van der Waals surface area contributed by atoms with E-state index in [9.17, 15) is 15.0 Å². The predicted molar refractivity (Wildman–Crippen MR) is 231 cm³/mol. The molecule has 10 rings (SSSR count). The van der Waals surface area contributed by atoms with Gasteiger partial charge >= 0.3 is 0 Å². The molecule has 318 valence electrons. The van der Waals surface area contributed by atoms with Gasteiger partial charge in [0.1, 0.15) is 23.8 Å². The van der Waals surface area contributed by atoms with Crippen LogP contribution in [0.25, 0.3) is 0 Å². The van der Waals surface area contributed by atoms with Crippen molar-refractivity contribution in [3.63, 3.8) is 0 Å². The summed E-state index contributed by atoms with van der Waals surface area (Å²) < 4.78 is 5.93. The molecule has 59 heavy (non-hydrogen) atoms. The molecule has 1 saturated heterocycles. The van der Waals surface area contributed by atoms with Crippen LogP contribution in [0.2, 0.25) is 0 Å². The number of aryl methyl sites for hydroxylation is 2. The van der Waals surface area contributed by atoms with Crippen LogP contribution in [-0.4, -0.2) is 64.0 Å². The van der Waals surface area contributed by atoms with Crippen LogP contribution in [0.15, 0.2) is 58.4 Å². The van der Waals surface area contributed by atoms with Gasteiger partial charge in [-0.3, -0.25) is 19.5 Å². The third-order valence-corrected chi connectivity index (χ3v) is 19.3. The number of nitrogens with zero attached hydrogens (tertiary/aromatic N) is 1. The molecule has 9 aliphatic rings. The van der Waals surface area contributed by atoms with Crippen molar-refractivity contribution in [2.75, 3.05) is 6.54 Å². The number of hydrogen-bond acceptors (Lipinski definition) is 6. The number of nitrogens with one attached hydrogen (secondary N) is 1. The van der Waals surface area contributed by atoms with Crippen LogP contribution in [0.1, 0.15) is 135 Å². The van der Waals surface area contributed by atoms with Crippen LogP contribution in [0.5, 0.6) is 0 Å². The molecule has 5 saturated carbocycles. The summed E-state index contributed by atoms with van der Waals surface area (Å²) in [4.78, 5) is 36.0. The Morgan fingerprint density at radius 1 is 0.949 bits per heavy atom. The molecule has 1 aromatic rings. The molecule has 1 aromatic carbocycles. The lowest BCUT2D eigenvalue weighted by Gasteiger charge is -2.73. The van der Waals surface area contributed by atoms with Gasteiger partial charge in [-0.2, -0.15) is 0 Å². The highest BCUT2D eigenvalue weighted by Crippen LogP contribution is 2.79. The second-order valence-electron chi connectivity index (χ2n) is 22.7. The molecule has 0 aromatic heterocycles. The maximum atomic E-state index is 15.4. The van der Waals surface area contributed by atoms with Crippen molar-refractivity contribution in [1.82, 2.24) is 0 Å². The van der Waals surface area contributed by atoms with E-state index in [-0.39, 0.29) is 69.4 Å². The smallest absolute Gasteiger partial charge is 0.163 e. The number of carbonyl (C=O) groups excluding carboxylic acids is 2. The number of fused-ring (bicyclic) bond motifs is 3. The summed E-state index contributed by atoms with van der Waals surface area (Å²) in [6.07, 6.45) is 17.4. The number of allylic oxidation sites excluding steroid dienone is 1. The van der Waals surface area contributed by atoms with Crippen molar-refractivity contribution >= 4 is 17.3 Å². The molecule has 3 heterocycles. The lowest BCUT2D eigenvalue weighted by molar-refractivity contribution is -0.856. The van der Waals surface area contributed by atoms with Crippen molar-refractivity contribution in [3.05, 3.63) is 70.1 Å². The van der Waals surface area contributed by atoms with Gasteiger partial charge in [0.15, 0.2) is 11.8 Å². The molecule has 3 N–H and O–H groups in total. The van der Waals surface area contributed by atoms with E-state index in [2.05, 4.69) is 72.0 Å². The fourth-order valence-corrected chi connectivity index (χ4v) is 17.0. The maximum absolute atomic E-state index is 15.4. The zero-order valence-electron chi connectivity index (χ0n) is 37.2. The predicted octanol–water partition coefficient (Wildman–Crippen LogP) is 7.78. The number of aliphatic hydroxyl groups excluding tert-OH is 2. The lowest BCUT2D eigenvalue weighted by Crippen LogP contribution is -3.11. The summed E-state index contributed by atoms with van der Waals surface area (Å²) >= 11 is 0. The van der Waals surface area contributed by atoms with Crippen molar-refractivity contribution in [2.24, 2.45) is 62.2 Å². The average Bonchev–Trinajstić information content (AvgIpc) is 3.72. The van der Waals surface area contributed by atoms with E-state index in [0.717, 1.165) is 69.1 Å². The summed E-state index contributed by atoms with van der Waals surface area (Å²) in [5.74, 6) is 0.878. The number of quaternary nitrogens is 1. The number of ether oxygens (including phenoxy) is 1. The quantitative estimate of drug-likeness (QED) is 0.222. The summed E-state index contributed by atoms with van der Waals surface area (Å²) in [5, 5.41) is 25.3. The summed E-state index contributed by atoms with van der Waals surface area (Å²) in [6.45, 7) is 18.5. The van der Waals surface area contributed by atoms with E-state index in [1.54, 1.807) is 0 Å². The van der Waals surface area contributed by atoms with Crippen LogP contribution < -0.4 is 4.90 Å². The third-order valence-electron chi connectivity index (χ3n) is 19.3. The Labute approximate surface area is 353 Å². The molecule has 14 unspecified atom stereocenters. The van der Waals surface area contributed by atoms with Crippen molar-refractivity contribution in [1.29, 1.82) is 0 Å². The van der Waals surface area contributed by atoms with Crippen LogP contribution in [-0.2, 0) is 20.7 Å². The Morgan fingerprint density at radius 2 is 1.66 bits per heavy atom. The van der Waals surface area contributed by atoms with E-state index >= 15 is 4.79 Å². The SMILES string of the molecule is Cc1cc(C)cc(CC2=C[NH+](CC3C4=C(C(C)CC(O)C5OC5(C)C)C(=O)C5CCCC6(CCC7C(C)(CCC(=O)C7(C)C7CCCC7)C6C3O)C45C)C3C=CN=C23)c1. The Morgan fingerprint density at radius 3 is 2.36 bits per heavy atom. The molecule has 0 bridgehead atoms. The van der Waals surface area contributed by atoms with Gasteiger partial charge in [0.05, 0.1) is 30.3 Å². The lowest BCUT2D eigenvalue weighted by atomic mass is 9.31. The molecule has 14 atom stereocenters. The van der Waals surface area contributed by atoms with E-state index in [1.807, 2.05) is 20.0 Å².